The lowest BCUT2D eigenvalue weighted by Gasteiger charge is -2.10. The van der Waals surface area contributed by atoms with E-state index in [4.69, 9.17) is 0 Å². The van der Waals surface area contributed by atoms with E-state index in [9.17, 15) is 0 Å². The molecule has 0 radical (unpaired) electrons. The SMILES string of the molecule is c1ccc(-c2ccc3sc4c(-c5ccc6c(c5)[nH]c5cc(-c7cc(-c8ccccc8)cc8c7sc7ccc(-c9ccccc9)cc78)ccc56)cc(-c5ccccc5)cc4c3c2)cc1. The molecule has 0 bridgehead atoms. The van der Waals surface area contributed by atoms with E-state index in [0.29, 0.717) is 0 Å². The highest BCUT2D eigenvalue weighted by Crippen LogP contribution is 2.47. The Morgan fingerprint density at radius 3 is 0.984 bits per heavy atom. The first-order valence-corrected chi connectivity index (χ1v) is 23.1. The zero-order chi connectivity index (χ0) is 41.4. The van der Waals surface area contributed by atoms with Gasteiger partial charge in [0.1, 0.15) is 0 Å². The average molecular weight is 836 g/mol. The van der Waals surface area contributed by atoms with Crippen molar-refractivity contribution in [2.75, 3.05) is 0 Å². The van der Waals surface area contributed by atoms with E-state index in [2.05, 4.69) is 223 Å². The van der Waals surface area contributed by atoms with Gasteiger partial charge in [0.15, 0.2) is 0 Å². The van der Waals surface area contributed by atoms with Gasteiger partial charge in [-0.2, -0.15) is 0 Å². The van der Waals surface area contributed by atoms with Crippen molar-refractivity contribution in [2.24, 2.45) is 0 Å². The molecule has 0 atom stereocenters. The summed E-state index contributed by atoms with van der Waals surface area (Å²) in [5.74, 6) is 0. The van der Waals surface area contributed by atoms with Crippen LogP contribution in [0.15, 0.2) is 218 Å². The molecule has 63 heavy (non-hydrogen) atoms. The van der Waals surface area contributed by atoms with Gasteiger partial charge in [-0.3, -0.25) is 0 Å². The van der Waals surface area contributed by atoms with Crippen molar-refractivity contribution in [2.45, 2.75) is 0 Å². The molecule has 0 aliphatic heterocycles. The van der Waals surface area contributed by atoms with Gasteiger partial charge in [0.05, 0.1) is 0 Å². The first-order chi connectivity index (χ1) is 31.2. The number of hydrogen-bond donors (Lipinski definition) is 1. The molecule has 13 aromatic rings. The molecule has 0 amide bonds. The molecule has 294 valence electrons. The van der Waals surface area contributed by atoms with Gasteiger partial charge < -0.3 is 4.98 Å². The van der Waals surface area contributed by atoms with Crippen molar-refractivity contribution in [3.8, 4) is 66.8 Å². The molecule has 0 aliphatic rings. The van der Waals surface area contributed by atoms with Crippen LogP contribution in [0.1, 0.15) is 0 Å². The molecule has 3 heteroatoms. The van der Waals surface area contributed by atoms with Gasteiger partial charge in [0.25, 0.3) is 0 Å². The Morgan fingerprint density at radius 2 is 0.587 bits per heavy atom. The van der Waals surface area contributed by atoms with Crippen LogP contribution in [0.25, 0.3) is 129 Å². The molecule has 3 heterocycles. The van der Waals surface area contributed by atoms with Crippen LogP contribution in [-0.4, -0.2) is 4.98 Å². The summed E-state index contributed by atoms with van der Waals surface area (Å²) < 4.78 is 5.23. The van der Waals surface area contributed by atoms with Crippen LogP contribution in [0.5, 0.6) is 0 Å². The minimum Gasteiger partial charge on any atom is -0.354 e. The molecule has 13 rings (SSSR count). The number of aromatic amines is 1. The van der Waals surface area contributed by atoms with Crippen LogP contribution < -0.4 is 0 Å². The monoisotopic (exact) mass is 835 g/mol. The Hall–Kier alpha value is -7.56. The van der Waals surface area contributed by atoms with Crippen molar-refractivity contribution in [3.05, 3.63) is 218 Å². The molecule has 0 aliphatic carbocycles. The van der Waals surface area contributed by atoms with Gasteiger partial charge in [0, 0.05) is 73.3 Å². The third-order valence-corrected chi connectivity index (χ3v) is 15.2. The van der Waals surface area contributed by atoms with Crippen molar-refractivity contribution in [3.63, 3.8) is 0 Å². The third kappa shape index (κ3) is 6.12. The van der Waals surface area contributed by atoms with Crippen LogP contribution >= 0.6 is 22.7 Å². The molecule has 0 fully saturated rings. The zero-order valence-electron chi connectivity index (χ0n) is 34.1. The standard InChI is InChI=1S/C60H37NS2/c1-5-13-37(14-6-1)41-23-27-57-51(29-41)53-33-45(39-17-9-3-10-18-39)31-49(59(53)62-57)43-21-25-47-48-26-22-44(36-56(48)61-55(47)35-43)50-32-46(40-19-11-4-12-20-40)34-54-52-30-42(38-15-7-2-8-16-38)24-28-58(52)63-60(50)54/h1-36,61H. The summed E-state index contributed by atoms with van der Waals surface area (Å²) in [7, 11) is 0. The second-order valence-corrected chi connectivity index (χ2v) is 18.6. The summed E-state index contributed by atoms with van der Waals surface area (Å²) in [6.07, 6.45) is 0. The molecule has 0 saturated heterocycles. The van der Waals surface area contributed by atoms with Crippen molar-refractivity contribution < 1.29 is 0 Å². The molecular formula is C60H37NS2. The van der Waals surface area contributed by atoms with Gasteiger partial charge in [-0.15, -0.1) is 22.7 Å². The van der Waals surface area contributed by atoms with Gasteiger partial charge in [-0.05, 0) is 116 Å². The van der Waals surface area contributed by atoms with Crippen LogP contribution in [0.4, 0.5) is 0 Å². The lowest BCUT2D eigenvalue weighted by Crippen LogP contribution is -1.84. The number of fused-ring (bicyclic) bond motifs is 9. The summed E-state index contributed by atoms with van der Waals surface area (Å²) >= 11 is 3.79. The van der Waals surface area contributed by atoms with E-state index in [-0.39, 0.29) is 0 Å². The number of H-pyrrole nitrogens is 1. The smallest absolute Gasteiger partial charge is 0.0471 e. The first kappa shape index (κ1) is 36.1. The summed E-state index contributed by atoms with van der Waals surface area (Å²) in [5, 5.41) is 7.67. The molecule has 0 unspecified atom stereocenters. The highest BCUT2D eigenvalue weighted by Gasteiger charge is 2.18. The molecule has 1 N–H and O–H groups in total. The van der Waals surface area contributed by atoms with E-state index < -0.39 is 0 Å². The maximum Gasteiger partial charge on any atom is 0.0471 e. The summed E-state index contributed by atoms with van der Waals surface area (Å²) in [4.78, 5) is 3.90. The maximum atomic E-state index is 3.90. The number of hydrogen-bond acceptors (Lipinski definition) is 2. The quantitative estimate of drug-likeness (QED) is 0.172. The fraction of sp³-hybridized carbons (Fsp3) is 0. The maximum absolute atomic E-state index is 3.90. The molecule has 0 spiro atoms. The summed E-state index contributed by atoms with van der Waals surface area (Å²) in [6.45, 7) is 0. The van der Waals surface area contributed by atoms with E-state index in [1.54, 1.807) is 0 Å². The lowest BCUT2D eigenvalue weighted by molar-refractivity contribution is 1.54. The topological polar surface area (TPSA) is 15.8 Å². The summed E-state index contributed by atoms with van der Waals surface area (Å²) in [5.41, 5.74) is 17.1. The predicted molar refractivity (Wildman–Crippen MR) is 274 cm³/mol. The number of rotatable bonds is 6. The fourth-order valence-electron chi connectivity index (χ4n) is 9.65. The highest BCUT2D eigenvalue weighted by molar-refractivity contribution is 7.26. The Bertz CT molecular complexity index is 3620. The second-order valence-electron chi connectivity index (χ2n) is 16.5. The zero-order valence-corrected chi connectivity index (χ0v) is 35.7. The minimum atomic E-state index is 1.14. The van der Waals surface area contributed by atoms with Crippen molar-refractivity contribution in [1.82, 2.24) is 4.98 Å². The average Bonchev–Trinajstić information content (AvgIpc) is 4.04. The normalized spacial score (nSPS) is 11.8. The lowest BCUT2D eigenvalue weighted by atomic mass is 9.94. The van der Waals surface area contributed by atoms with Gasteiger partial charge in [-0.25, -0.2) is 0 Å². The summed E-state index contributed by atoms with van der Waals surface area (Å²) in [6, 6.07) is 80.5. The van der Waals surface area contributed by atoms with Crippen molar-refractivity contribution in [1.29, 1.82) is 0 Å². The number of nitrogens with one attached hydrogen (secondary N) is 1. The Morgan fingerprint density at radius 1 is 0.238 bits per heavy atom. The van der Waals surface area contributed by atoms with E-state index in [1.807, 2.05) is 22.7 Å². The van der Waals surface area contributed by atoms with E-state index >= 15 is 0 Å². The Kier molecular flexibility index (Phi) is 8.33. The number of benzene rings is 10. The van der Waals surface area contributed by atoms with Crippen LogP contribution in [-0.2, 0) is 0 Å². The predicted octanol–water partition coefficient (Wildman–Crippen LogP) is 18.1. The van der Waals surface area contributed by atoms with Crippen molar-refractivity contribution >= 4 is 84.8 Å². The van der Waals surface area contributed by atoms with E-state index in [1.165, 1.54) is 118 Å². The Labute approximate surface area is 372 Å². The molecule has 10 aromatic carbocycles. The van der Waals surface area contributed by atoms with Crippen LogP contribution in [0.3, 0.4) is 0 Å². The largest absolute Gasteiger partial charge is 0.354 e. The minimum absolute atomic E-state index is 1.14. The molecule has 0 saturated carbocycles. The van der Waals surface area contributed by atoms with Crippen LogP contribution in [0.2, 0.25) is 0 Å². The van der Waals surface area contributed by atoms with Gasteiger partial charge in [0.2, 0.25) is 0 Å². The number of aromatic nitrogens is 1. The second kappa shape index (κ2) is 14.5. The van der Waals surface area contributed by atoms with Gasteiger partial charge in [-0.1, -0.05) is 158 Å². The highest BCUT2D eigenvalue weighted by atomic mass is 32.1. The number of thiophene rings is 2. The third-order valence-electron chi connectivity index (χ3n) is 12.8. The van der Waals surface area contributed by atoms with Gasteiger partial charge >= 0.3 is 0 Å². The molecule has 1 nitrogen and oxygen atoms in total. The van der Waals surface area contributed by atoms with E-state index in [0.717, 1.165) is 11.0 Å². The Balaban J connectivity index is 0.968. The first-order valence-electron chi connectivity index (χ1n) is 21.5. The molecular weight excluding hydrogens is 799 g/mol. The fourth-order valence-corrected chi connectivity index (χ4v) is 12.0. The molecule has 3 aromatic heterocycles. The van der Waals surface area contributed by atoms with Crippen LogP contribution in [0, 0.1) is 0 Å².